The molecule has 0 radical (unpaired) electrons. The van der Waals surface area contributed by atoms with Gasteiger partial charge in [0.2, 0.25) is 0 Å². The average Bonchev–Trinajstić information content (AvgIpc) is 2.71. The zero-order valence-electron chi connectivity index (χ0n) is 12.0. The Hall–Kier alpha value is 0.230. The fraction of sp³-hybridized carbons (Fsp3) is 0.800. The number of hydrogen-bond donors (Lipinski definition) is 0. The molecule has 2 nitrogen and oxygen atoms in total. The second kappa shape index (κ2) is 11.0. The number of unbranched alkanes of at least 4 members (excludes halogenated alkanes) is 9. The third-order valence-electron chi connectivity index (χ3n) is 3.42. The normalized spacial score (nSPS) is 11.1. The third-order valence-corrected chi connectivity index (χ3v) is 4.81. The summed E-state index contributed by atoms with van der Waals surface area (Å²) in [6.07, 6.45) is 15.6. The van der Waals surface area contributed by atoms with Crippen molar-refractivity contribution in [1.29, 1.82) is 0 Å². The highest BCUT2D eigenvalue weighted by molar-refractivity contribution is 14.1. The quantitative estimate of drug-likeness (QED) is 0.328. The van der Waals surface area contributed by atoms with E-state index in [1.54, 1.807) is 0 Å². The van der Waals surface area contributed by atoms with Crippen LogP contribution in [-0.2, 0) is 6.54 Å². The molecular weight excluding hydrogens is 371 g/mol. The summed E-state index contributed by atoms with van der Waals surface area (Å²) in [6, 6.07) is 0. The van der Waals surface area contributed by atoms with Crippen molar-refractivity contribution in [1.82, 2.24) is 9.78 Å². The van der Waals surface area contributed by atoms with Gasteiger partial charge in [-0.15, -0.1) is 0 Å². The molecule has 4 heteroatoms. The molecule has 0 unspecified atom stereocenters. The second-order valence-corrected chi connectivity index (χ2v) is 6.64. The van der Waals surface area contributed by atoms with Crippen LogP contribution in [0.2, 0.25) is 5.02 Å². The van der Waals surface area contributed by atoms with E-state index in [1.165, 1.54) is 64.2 Å². The maximum atomic E-state index is 5.97. The molecule has 0 saturated heterocycles. The molecule has 0 aliphatic rings. The lowest BCUT2D eigenvalue weighted by atomic mass is 10.1. The Labute approximate surface area is 136 Å². The Kier molecular flexibility index (Phi) is 9.96. The highest BCUT2D eigenvalue weighted by Crippen LogP contribution is 2.16. The van der Waals surface area contributed by atoms with Crippen LogP contribution in [0.3, 0.4) is 0 Å². The van der Waals surface area contributed by atoms with Crippen LogP contribution in [0.15, 0.2) is 6.20 Å². The van der Waals surface area contributed by atoms with Gasteiger partial charge in [0.05, 0.1) is 5.02 Å². The molecule has 1 heterocycles. The highest BCUT2D eigenvalue weighted by Gasteiger charge is 2.02. The van der Waals surface area contributed by atoms with Crippen LogP contribution in [0.1, 0.15) is 71.1 Å². The van der Waals surface area contributed by atoms with E-state index in [1.807, 2.05) is 10.9 Å². The van der Waals surface area contributed by atoms with Crippen molar-refractivity contribution >= 4 is 34.2 Å². The van der Waals surface area contributed by atoms with Crippen molar-refractivity contribution < 1.29 is 0 Å². The van der Waals surface area contributed by atoms with Gasteiger partial charge in [0.15, 0.2) is 0 Å². The van der Waals surface area contributed by atoms with Crippen molar-refractivity contribution in [2.24, 2.45) is 0 Å². The Morgan fingerprint density at radius 1 is 1.00 bits per heavy atom. The number of halogens is 2. The van der Waals surface area contributed by atoms with Gasteiger partial charge in [-0.3, -0.25) is 4.68 Å². The van der Waals surface area contributed by atoms with Crippen LogP contribution in [0.25, 0.3) is 0 Å². The largest absolute Gasteiger partial charge is 0.270 e. The molecule has 0 atom stereocenters. The number of aryl methyl sites for hydroxylation is 1. The first kappa shape index (κ1) is 17.3. The summed E-state index contributed by atoms with van der Waals surface area (Å²) in [7, 11) is 0. The smallest absolute Gasteiger partial charge is 0.141 e. The molecule has 19 heavy (non-hydrogen) atoms. The summed E-state index contributed by atoms with van der Waals surface area (Å²) in [6.45, 7) is 3.27. The zero-order chi connectivity index (χ0) is 13.9. The summed E-state index contributed by atoms with van der Waals surface area (Å²) in [5.74, 6) is 0. The Bertz CT molecular complexity index is 319. The third kappa shape index (κ3) is 8.18. The van der Waals surface area contributed by atoms with Crippen molar-refractivity contribution in [2.75, 3.05) is 0 Å². The summed E-state index contributed by atoms with van der Waals surface area (Å²) in [5.41, 5.74) is 0. The number of hydrogen-bond acceptors (Lipinski definition) is 1. The van der Waals surface area contributed by atoms with Crippen molar-refractivity contribution in [3.8, 4) is 0 Å². The number of aromatic nitrogens is 2. The Balaban J connectivity index is 1.88. The predicted molar refractivity (Wildman–Crippen MR) is 91.8 cm³/mol. The van der Waals surface area contributed by atoms with Gasteiger partial charge in [-0.1, -0.05) is 76.3 Å². The molecule has 0 N–H and O–H groups in total. The van der Waals surface area contributed by atoms with Gasteiger partial charge in [-0.2, -0.15) is 5.10 Å². The van der Waals surface area contributed by atoms with Crippen molar-refractivity contribution in [2.45, 2.75) is 77.7 Å². The zero-order valence-corrected chi connectivity index (χ0v) is 14.9. The summed E-state index contributed by atoms with van der Waals surface area (Å²) >= 11 is 8.15. The minimum absolute atomic E-state index is 0.771. The fourth-order valence-electron chi connectivity index (χ4n) is 2.25. The van der Waals surface area contributed by atoms with Gasteiger partial charge in [0.25, 0.3) is 0 Å². The van der Waals surface area contributed by atoms with Gasteiger partial charge in [-0.05, 0) is 29.0 Å². The van der Waals surface area contributed by atoms with Crippen LogP contribution in [0.5, 0.6) is 0 Å². The molecule has 1 aromatic heterocycles. The van der Waals surface area contributed by atoms with Crippen LogP contribution >= 0.6 is 34.2 Å². The molecule has 1 rings (SSSR count). The van der Waals surface area contributed by atoms with E-state index in [0.29, 0.717) is 0 Å². The fourth-order valence-corrected chi connectivity index (χ4v) is 2.82. The SMILES string of the molecule is CCCCCCCCCCCCn1cc(Cl)c(I)n1. The molecule has 0 aliphatic carbocycles. The first-order valence-corrected chi connectivity index (χ1v) is 9.08. The molecule has 0 fully saturated rings. The minimum Gasteiger partial charge on any atom is -0.270 e. The number of rotatable bonds is 11. The summed E-state index contributed by atoms with van der Waals surface area (Å²) in [4.78, 5) is 0. The Morgan fingerprint density at radius 2 is 1.53 bits per heavy atom. The monoisotopic (exact) mass is 396 g/mol. The molecule has 0 aromatic carbocycles. The second-order valence-electron chi connectivity index (χ2n) is 5.21. The summed E-state index contributed by atoms with van der Waals surface area (Å²) < 4.78 is 2.88. The first-order valence-electron chi connectivity index (χ1n) is 7.62. The van der Waals surface area contributed by atoms with Crippen molar-refractivity contribution in [3.63, 3.8) is 0 Å². The summed E-state index contributed by atoms with van der Waals surface area (Å²) in [5, 5.41) is 5.13. The minimum atomic E-state index is 0.771. The maximum Gasteiger partial charge on any atom is 0.141 e. The van der Waals surface area contributed by atoms with E-state index in [2.05, 4.69) is 34.6 Å². The molecule has 1 aromatic rings. The van der Waals surface area contributed by atoms with Gasteiger partial charge in [0.1, 0.15) is 3.70 Å². The van der Waals surface area contributed by atoms with Gasteiger partial charge in [0, 0.05) is 12.7 Å². The Morgan fingerprint density at radius 3 is 2.00 bits per heavy atom. The molecule has 0 spiro atoms. The van der Waals surface area contributed by atoms with Crippen LogP contribution in [0, 0.1) is 3.70 Å². The average molecular weight is 397 g/mol. The lowest BCUT2D eigenvalue weighted by Gasteiger charge is -2.03. The maximum absolute atomic E-state index is 5.97. The lowest BCUT2D eigenvalue weighted by Crippen LogP contribution is -1.98. The van der Waals surface area contributed by atoms with Gasteiger partial charge >= 0.3 is 0 Å². The van der Waals surface area contributed by atoms with E-state index in [0.717, 1.165) is 15.3 Å². The van der Waals surface area contributed by atoms with E-state index >= 15 is 0 Å². The van der Waals surface area contributed by atoms with Gasteiger partial charge < -0.3 is 0 Å². The highest BCUT2D eigenvalue weighted by atomic mass is 127. The lowest BCUT2D eigenvalue weighted by molar-refractivity contribution is 0.514. The van der Waals surface area contributed by atoms with E-state index in [9.17, 15) is 0 Å². The van der Waals surface area contributed by atoms with Crippen molar-refractivity contribution in [3.05, 3.63) is 14.9 Å². The number of nitrogens with zero attached hydrogens (tertiary/aromatic N) is 2. The molecule has 0 amide bonds. The van der Waals surface area contributed by atoms with Crippen LogP contribution < -0.4 is 0 Å². The van der Waals surface area contributed by atoms with Gasteiger partial charge in [-0.25, -0.2) is 0 Å². The van der Waals surface area contributed by atoms with E-state index in [-0.39, 0.29) is 0 Å². The standard InChI is InChI=1S/C15H26ClIN2/c1-2-3-4-5-6-7-8-9-10-11-12-19-13-14(16)15(17)18-19/h13H,2-12H2,1H3. The first-order chi connectivity index (χ1) is 9.24. The predicted octanol–water partition coefficient (Wildman–Crippen LogP) is 6.06. The molecular formula is C15H26ClIN2. The molecule has 0 aliphatic heterocycles. The van der Waals surface area contributed by atoms with E-state index < -0.39 is 0 Å². The molecule has 0 saturated carbocycles. The van der Waals surface area contributed by atoms with Crippen LogP contribution in [0.4, 0.5) is 0 Å². The van der Waals surface area contributed by atoms with Crippen LogP contribution in [-0.4, -0.2) is 9.78 Å². The van der Waals surface area contributed by atoms with E-state index in [4.69, 9.17) is 11.6 Å². The molecule has 110 valence electrons. The topological polar surface area (TPSA) is 17.8 Å². The molecule has 0 bridgehead atoms.